The number of amides is 1. The van der Waals surface area contributed by atoms with Gasteiger partial charge in [-0.15, -0.1) is 0 Å². The second-order valence-electron chi connectivity index (χ2n) is 11.2. The van der Waals surface area contributed by atoms with Gasteiger partial charge in [0.25, 0.3) is 0 Å². The number of fused-ring (bicyclic) bond motifs is 1. The van der Waals surface area contributed by atoms with Gasteiger partial charge in [-0.2, -0.15) is 5.10 Å². The zero-order chi connectivity index (χ0) is 32.9. The lowest BCUT2D eigenvalue weighted by molar-refractivity contribution is -0.0102. The largest absolute Gasteiger partial charge is 0.486 e. The molecule has 4 aromatic rings. The van der Waals surface area contributed by atoms with E-state index in [1.165, 1.54) is 23.4 Å². The van der Waals surface area contributed by atoms with Gasteiger partial charge in [-0.1, -0.05) is 26.5 Å². The molecule has 45 heavy (non-hydrogen) atoms. The zero-order valence-electron chi connectivity index (χ0n) is 26.5. The van der Waals surface area contributed by atoms with Gasteiger partial charge in [0.15, 0.2) is 12.0 Å². The van der Waals surface area contributed by atoms with Crippen molar-refractivity contribution >= 4 is 47.0 Å². The average molecular weight is 620 g/mol. The number of hydrogen-bond acceptors (Lipinski definition) is 8. The number of benzene rings is 2. The normalized spacial score (nSPS) is 16.4. The summed E-state index contributed by atoms with van der Waals surface area (Å²) in [6.07, 6.45) is 3.53. The van der Waals surface area contributed by atoms with Crippen molar-refractivity contribution in [2.45, 2.75) is 58.9 Å². The molecular formula is C33H39F2N7O3. The number of rotatable bonds is 7. The number of ether oxygens (including phenoxy) is 2. The van der Waals surface area contributed by atoms with Crippen LogP contribution >= 0.6 is 0 Å². The highest BCUT2D eigenvalue weighted by Crippen LogP contribution is 2.39. The molecule has 1 fully saturated rings. The summed E-state index contributed by atoms with van der Waals surface area (Å²) in [5.74, 6) is -0.0291. The van der Waals surface area contributed by atoms with E-state index in [-0.39, 0.29) is 36.6 Å². The van der Waals surface area contributed by atoms with Crippen molar-refractivity contribution in [1.29, 1.82) is 0 Å². The third-order valence-corrected chi connectivity index (χ3v) is 6.94. The van der Waals surface area contributed by atoms with Crippen LogP contribution in [-0.4, -0.2) is 68.4 Å². The molecule has 1 amide bonds. The molecule has 10 nitrogen and oxygen atoms in total. The maximum Gasteiger partial charge on any atom is 0.410 e. The third kappa shape index (κ3) is 7.44. The van der Waals surface area contributed by atoms with Gasteiger partial charge in [0.05, 0.1) is 35.0 Å². The van der Waals surface area contributed by atoms with E-state index < -0.39 is 29.8 Å². The summed E-state index contributed by atoms with van der Waals surface area (Å²) in [4.78, 5) is 26.6. The number of aromatic nitrogens is 4. The molecular weight excluding hydrogens is 580 g/mol. The first-order valence-electron chi connectivity index (χ1n) is 14.7. The smallest absolute Gasteiger partial charge is 0.410 e. The van der Waals surface area contributed by atoms with Crippen LogP contribution in [-0.2, 0) is 11.8 Å². The summed E-state index contributed by atoms with van der Waals surface area (Å²) < 4.78 is 44.4. The molecule has 0 bridgehead atoms. The Balaban J connectivity index is 0.00000226. The molecule has 0 aliphatic carbocycles. The van der Waals surface area contributed by atoms with Crippen LogP contribution in [0.3, 0.4) is 0 Å². The molecule has 0 spiro atoms. The van der Waals surface area contributed by atoms with Gasteiger partial charge in [-0.25, -0.2) is 23.5 Å². The Labute approximate surface area is 261 Å². The van der Waals surface area contributed by atoms with E-state index in [9.17, 15) is 4.79 Å². The van der Waals surface area contributed by atoms with Crippen molar-refractivity contribution in [3.8, 4) is 16.9 Å². The van der Waals surface area contributed by atoms with E-state index in [0.717, 1.165) is 11.1 Å². The van der Waals surface area contributed by atoms with Gasteiger partial charge in [-0.05, 0) is 57.3 Å². The number of nitrogens with one attached hydrogen (secondary N) is 1. The lowest BCUT2D eigenvalue weighted by atomic mass is 10.0. The Morgan fingerprint density at radius 2 is 1.96 bits per heavy atom. The van der Waals surface area contributed by atoms with E-state index in [4.69, 9.17) is 9.47 Å². The lowest BCUT2D eigenvalue weighted by Gasteiger charge is -2.35. The first-order valence-corrected chi connectivity index (χ1v) is 14.7. The number of alkyl halides is 1. The molecule has 2 aromatic heterocycles. The predicted octanol–water partition coefficient (Wildman–Crippen LogP) is 7.64. The number of aliphatic imine (C=N–C) groups is 1. The quantitative estimate of drug-likeness (QED) is 0.212. The molecule has 1 aliphatic heterocycles. The molecule has 1 aliphatic rings. The Bertz CT molecular complexity index is 1700. The van der Waals surface area contributed by atoms with Gasteiger partial charge >= 0.3 is 6.09 Å². The monoisotopic (exact) mass is 619 g/mol. The van der Waals surface area contributed by atoms with E-state index >= 15 is 8.78 Å². The Kier molecular flexibility index (Phi) is 10.2. The van der Waals surface area contributed by atoms with E-state index in [1.54, 1.807) is 50.8 Å². The topological polar surface area (TPSA) is 107 Å². The van der Waals surface area contributed by atoms with Gasteiger partial charge in [-0.3, -0.25) is 9.67 Å². The van der Waals surface area contributed by atoms with Gasteiger partial charge < -0.3 is 19.7 Å². The lowest BCUT2D eigenvalue weighted by Crippen LogP contribution is -2.50. The highest BCUT2D eigenvalue weighted by molar-refractivity contribution is 5.98. The van der Waals surface area contributed by atoms with Crippen molar-refractivity contribution in [3.05, 3.63) is 60.9 Å². The second kappa shape index (κ2) is 13.8. The van der Waals surface area contributed by atoms with Crippen molar-refractivity contribution in [1.82, 2.24) is 24.6 Å². The van der Waals surface area contributed by atoms with Gasteiger partial charge in [0, 0.05) is 37.3 Å². The Morgan fingerprint density at radius 3 is 2.58 bits per heavy atom. The minimum atomic E-state index is -1.49. The maximum atomic E-state index is 15.6. The molecule has 2 unspecified atom stereocenters. The van der Waals surface area contributed by atoms with Crippen molar-refractivity contribution in [3.63, 3.8) is 0 Å². The van der Waals surface area contributed by atoms with Crippen LogP contribution in [0.1, 0.15) is 46.6 Å². The fourth-order valence-electron chi connectivity index (χ4n) is 4.89. The van der Waals surface area contributed by atoms with Crippen molar-refractivity contribution in [2.75, 3.05) is 18.4 Å². The van der Waals surface area contributed by atoms with Crippen LogP contribution in [0.4, 0.5) is 30.8 Å². The first-order chi connectivity index (χ1) is 21.5. The van der Waals surface area contributed by atoms with Crippen LogP contribution < -0.4 is 10.1 Å². The summed E-state index contributed by atoms with van der Waals surface area (Å²) in [6.45, 7) is 16.5. The summed E-state index contributed by atoms with van der Waals surface area (Å²) in [5.41, 5.74) is 1.99. The number of halogens is 2. The van der Waals surface area contributed by atoms with Crippen LogP contribution in [0.2, 0.25) is 0 Å². The third-order valence-electron chi connectivity index (χ3n) is 6.94. The Morgan fingerprint density at radius 1 is 1.20 bits per heavy atom. The number of hydrogen-bond donors (Lipinski definition) is 1. The summed E-state index contributed by atoms with van der Waals surface area (Å²) >= 11 is 0. The van der Waals surface area contributed by atoms with Crippen LogP contribution in [0.15, 0.2) is 54.6 Å². The molecule has 3 heterocycles. The minimum absolute atomic E-state index is 0.124. The summed E-state index contributed by atoms with van der Waals surface area (Å²) in [5, 5.41) is 7.73. The van der Waals surface area contributed by atoms with Crippen LogP contribution in [0.5, 0.6) is 5.75 Å². The number of carbonyl (C=O) groups excluding carboxylic acids is 1. The van der Waals surface area contributed by atoms with E-state index in [0.29, 0.717) is 22.3 Å². The number of carbonyl (C=O) groups is 1. The van der Waals surface area contributed by atoms with Crippen molar-refractivity contribution in [2.24, 2.45) is 12.0 Å². The van der Waals surface area contributed by atoms with Crippen LogP contribution in [0.25, 0.3) is 28.1 Å². The number of piperidine rings is 1. The standard InChI is InChI=1S/C31H33F2N7O3.C2H6/c1-7-20-22(34-5)8-9-23(28(20)33)38-29-27-24(35-17-36-29)12-18(19-14-37-39(6)15-19)13-26(27)42-25-10-11-40(16-21(25)32)30(41)43-31(2,3)4;1-2/h7-9,12-15,17,21,25H,1,5,10-11,16H2,2-4,6H3,(H,35,36,38);1-2H3. The molecule has 2 atom stereocenters. The van der Waals surface area contributed by atoms with Gasteiger partial charge in [0.2, 0.25) is 0 Å². The molecule has 1 N–H and O–H groups in total. The second-order valence-corrected chi connectivity index (χ2v) is 11.2. The molecule has 2 aromatic carbocycles. The van der Waals surface area contributed by atoms with E-state index in [2.05, 4.69) is 38.7 Å². The fourth-order valence-corrected chi connectivity index (χ4v) is 4.89. The molecule has 1 saturated heterocycles. The maximum absolute atomic E-state index is 15.6. The molecule has 238 valence electrons. The molecule has 12 heteroatoms. The van der Waals surface area contributed by atoms with Crippen LogP contribution in [0, 0.1) is 5.82 Å². The summed E-state index contributed by atoms with van der Waals surface area (Å²) in [7, 11) is 1.80. The first kappa shape index (κ1) is 33.0. The SMILES string of the molecule is C=Cc1c(N=C)ccc(Nc2ncnc3cc(-c4cnn(C)c4)cc(OC4CCN(C(=O)OC(C)(C)C)CC4F)c23)c1F.CC. The number of nitrogens with zero attached hydrogens (tertiary/aromatic N) is 6. The fraction of sp³-hybridized carbons (Fsp3) is 0.364. The van der Waals surface area contributed by atoms with Gasteiger partial charge in [0.1, 0.15) is 29.6 Å². The molecule has 5 rings (SSSR count). The number of anilines is 2. The zero-order valence-corrected chi connectivity index (χ0v) is 26.5. The number of likely N-dealkylation sites (tertiary alicyclic amines) is 1. The molecule has 0 radical (unpaired) electrons. The average Bonchev–Trinajstić information content (AvgIpc) is 3.45. The summed E-state index contributed by atoms with van der Waals surface area (Å²) in [6, 6.07) is 6.73. The highest BCUT2D eigenvalue weighted by Gasteiger charge is 2.35. The minimum Gasteiger partial charge on any atom is -0.486 e. The predicted molar refractivity (Wildman–Crippen MR) is 174 cm³/mol. The highest BCUT2D eigenvalue weighted by atomic mass is 19.1. The Hall–Kier alpha value is -4.87. The van der Waals surface area contributed by atoms with Crippen molar-refractivity contribution < 1.29 is 23.0 Å². The van der Waals surface area contributed by atoms with E-state index in [1.807, 2.05) is 26.1 Å². The molecule has 0 saturated carbocycles. The number of aryl methyl sites for hydroxylation is 1.